The van der Waals surface area contributed by atoms with E-state index in [9.17, 15) is 8.42 Å². The number of hydrogen-bond acceptors (Lipinski definition) is 3. The highest BCUT2D eigenvalue weighted by atomic mass is 35.7. The summed E-state index contributed by atoms with van der Waals surface area (Å²) >= 11 is 0. The average Bonchev–Trinajstić information content (AvgIpc) is 2.13. The Morgan fingerprint density at radius 1 is 1.54 bits per heavy atom. The van der Waals surface area contributed by atoms with E-state index < -0.39 is 22.6 Å². The van der Waals surface area contributed by atoms with Gasteiger partial charge in [-0.1, -0.05) is 12.1 Å². The molecule has 5 heteroatoms. The summed E-state index contributed by atoms with van der Waals surface area (Å²) < 4.78 is 61.6. The van der Waals surface area contributed by atoms with Gasteiger partial charge in [0.15, 0.2) is 0 Å². The standard InChI is InChI=1S/C8H9ClO3S/c1-12-6-7-2-4-8(5-3-7)13(9,10)11/h2-5H,6H2,1H3/i1D3,6D2. The maximum absolute atomic E-state index is 11.0. The first-order valence-electron chi connectivity index (χ1n) is 5.67. The monoisotopic (exact) mass is 225 g/mol. The van der Waals surface area contributed by atoms with Crippen LogP contribution in [-0.2, 0) is 20.3 Å². The summed E-state index contributed by atoms with van der Waals surface area (Å²) in [6.07, 6.45) is 0. The first kappa shape index (κ1) is 5.34. The minimum atomic E-state index is -3.90. The van der Waals surface area contributed by atoms with E-state index in [-0.39, 0.29) is 10.5 Å². The Balaban J connectivity index is 3.05. The van der Waals surface area contributed by atoms with Gasteiger partial charge in [0.2, 0.25) is 0 Å². The minimum Gasteiger partial charge on any atom is -0.380 e. The number of rotatable bonds is 3. The predicted molar refractivity (Wildman–Crippen MR) is 50.2 cm³/mol. The Bertz CT molecular complexity index is 523. The van der Waals surface area contributed by atoms with Crippen molar-refractivity contribution in [3.05, 3.63) is 29.8 Å². The maximum Gasteiger partial charge on any atom is 0.261 e. The van der Waals surface area contributed by atoms with Gasteiger partial charge in [-0.3, -0.25) is 0 Å². The molecule has 0 radical (unpaired) electrons. The average molecular weight is 226 g/mol. The molecule has 3 nitrogen and oxygen atoms in total. The van der Waals surface area contributed by atoms with Crippen LogP contribution in [0.1, 0.15) is 12.4 Å². The van der Waals surface area contributed by atoms with Crippen molar-refractivity contribution >= 4 is 19.7 Å². The Morgan fingerprint density at radius 2 is 2.15 bits per heavy atom. The second-order valence-corrected chi connectivity index (χ2v) is 4.73. The zero-order chi connectivity index (χ0) is 14.2. The summed E-state index contributed by atoms with van der Waals surface area (Å²) in [5.74, 6) is 0. The predicted octanol–water partition coefficient (Wildman–Crippen LogP) is 1.76. The van der Waals surface area contributed by atoms with Crippen LogP contribution in [0.25, 0.3) is 0 Å². The van der Waals surface area contributed by atoms with Crippen LogP contribution in [-0.4, -0.2) is 15.5 Å². The quantitative estimate of drug-likeness (QED) is 0.737. The molecule has 0 spiro atoms. The van der Waals surface area contributed by atoms with Gasteiger partial charge < -0.3 is 4.74 Å². The number of benzene rings is 1. The Labute approximate surface area is 88.7 Å². The highest BCUT2D eigenvalue weighted by molar-refractivity contribution is 8.13. The van der Waals surface area contributed by atoms with E-state index in [1.807, 2.05) is 0 Å². The fourth-order valence-corrected chi connectivity index (χ4v) is 1.51. The Morgan fingerprint density at radius 3 is 2.62 bits per heavy atom. The molecule has 0 aliphatic rings. The van der Waals surface area contributed by atoms with Crippen LogP contribution in [0.5, 0.6) is 0 Å². The molecule has 1 aromatic rings. The molecule has 0 saturated heterocycles. The molecule has 0 amide bonds. The molecule has 0 N–H and O–H groups in total. The number of halogens is 1. The SMILES string of the molecule is [2H]C([2H])([2H])OC([2H])([2H])c1ccc(S(=O)(=O)Cl)cc1. The van der Waals surface area contributed by atoms with Gasteiger partial charge in [0.1, 0.15) is 0 Å². The van der Waals surface area contributed by atoms with Crippen LogP contribution in [0.2, 0.25) is 0 Å². The fraction of sp³-hybridized carbons (Fsp3) is 0.250. The van der Waals surface area contributed by atoms with Gasteiger partial charge in [-0.25, -0.2) is 8.42 Å². The largest absolute Gasteiger partial charge is 0.380 e. The van der Waals surface area contributed by atoms with Crippen LogP contribution < -0.4 is 0 Å². The number of ether oxygens (including phenoxy) is 1. The van der Waals surface area contributed by atoms with Gasteiger partial charge in [-0.15, -0.1) is 0 Å². The van der Waals surface area contributed by atoms with Crippen molar-refractivity contribution in [3.8, 4) is 0 Å². The zero-order valence-corrected chi connectivity index (χ0v) is 7.89. The molecular weight excluding hydrogens is 212 g/mol. The highest BCUT2D eigenvalue weighted by Gasteiger charge is 2.08. The molecule has 0 atom stereocenters. The van der Waals surface area contributed by atoms with Gasteiger partial charge in [0.05, 0.1) is 18.3 Å². The summed E-state index contributed by atoms with van der Waals surface area (Å²) in [5, 5.41) is 0. The first-order valence-corrected chi connectivity index (χ1v) is 5.48. The number of hydrogen-bond donors (Lipinski definition) is 0. The Hall–Kier alpha value is -0.580. The maximum atomic E-state index is 11.0. The van der Waals surface area contributed by atoms with E-state index in [2.05, 4.69) is 4.74 Å². The molecule has 1 rings (SSSR count). The third-order valence-corrected chi connectivity index (χ3v) is 2.67. The summed E-state index contributed by atoms with van der Waals surface area (Å²) in [6, 6.07) is 4.33. The van der Waals surface area contributed by atoms with E-state index in [1.165, 1.54) is 0 Å². The highest BCUT2D eigenvalue weighted by Crippen LogP contribution is 2.15. The Kier molecular flexibility index (Phi) is 1.68. The van der Waals surface area contributed by atoms with Gasteiger partial charge in [-0.2, -0.15) is 0 Å². The molecule has 0 unspecified atom stereocenters. The fourth-order valence-electron chi connectivity index (χ4n) is 0.744. The smallest absolute Gasteiger partial charge is 0.261 e. The molecule has 1 aromatic carbocycles. The summed E-state index contributed by atoms with van der Waals surface area (Å²) in [4.78, 5) is -0.211. The van der Waals surface area contributed by atoms with Crippen LogP contribution in [0.15, 0.2) is 29.2 Å². The van der Waals surface area contributed by atoms with Crippen molar-refractivity contribution in [2.45, 2.75) is 11.5 Å². The summed E-state index contributed by atoms with van der Waals surface area (Å²) in [6.45, 7) is -2.56. The molecule has 72 valence electrons. The summed E-state index contributed by atoms with van der Waals surface area (Å²) in [7, 11) is -1.72. The molecule has 0 aromatic heterocycles. The third-order valence-electron chi connectivity index (χ3n) is 1.30. The van der Waals surface area contributed by atoms with Crippen molar-refractivity contribution in [1.82, 2.24) is 0 Å². The lowest BCUT2D eigenvalue weighted by Gasteiger charge is -1.99. The van der Waals surface area contributed by atoms with Gasteiger partial charge in [-0.05, 0) is 17.7 Å². The van der Waals surface area contributed by atoms with Gasteiger partial charge in [0.25, 0.3) is 9.05 Å². The van der Waals surface area contributed by atoms with Gasteiger partial charge in [0, 0.05) is 17.7 Å². The van der Waals surface area contributed by atoms with Crippen molar-refractivity contribution < 1.29 is 20.0 Å². The lowest BCUT2D eigenvalue weighted by molar-refractivity contribution is 0.185. The van der Waals surface area contributed by atoms with E-state index in [1.54, 1.807) is 0 Å². The molecular formula is C8H9ClO3S. The molecule has 0 aliphatic carbocycles. The van der Waals surface area contributed by atoms with Crippen molar-refractivity contribution in [3.63, 3.8) is 0 Å². The molecule has 13 heavy (non-hydrogen) atoms. The number of methoxy groups -OCH3 is 1. The van der Waals surface area contributed by atoms with Crippen LogP contribution in [0.4, 0.5) is 0 Å². The van der Waals surface area contributed by atoms with Crippen LogP contribution in [0, 0.1) is 0 Å². The van der Waals surface area contributed by atoms with E-state index in [4.69, 9.17) is 17.5 Å². The molecule has 0 heterocycles. The second kappa shape index (κ2) is 4.09. The molecule has 0 bridgehead atoms. The van der Waals surface area contributed by atoms with E-state index >= 15 is 0 Å². The topological polar surface area (TPSA) is 43.4 Å². The van der Waals surface area contributed by atoms with E-state index in [0.29, 0.717) is 0 Å². The lowest BCUT2D eigenvalue weighted by atomic mass is 10.2. The zero-order valence-electron chi connectivity index (χ0n) is 11.3. The van der Waals surface area contributed by atoms with Crippen molar-refractivity contribution in [2.24, 2.45) is 0 Å². The van der Waals surface area contributed by atoms with Crippen molar-refractivity contribution in [1.29, 1.82) is 0 Å². The normalized spacial score (nSPS) is 19.3. The van der Waals surface area contributed by atoms with E-state index in [0.717, 1.165) is 24.3 Å². The van der Waals surface area contributed by atoms with Crippen LogP contribution in [0.3, 0.4) is 0 Å². The third kappa shape index (κ3) is 2.99. The van der Waals surface area contributed by atoms with Gasteiger partial charge >= 0.3 is 0 Å². The summed E-state index contributed by atoms with van der Waals surface area (Å²) in [5.41, 5.74) is -0.123. The van der Waals surface area contributed by atoms with Crippen molar-refractivity contribution in [2.75, 3.05) is 7.04 Å². The molecule has 0 saturated carbocycles. The molecule has 0 aliphatic heterocycles. The molecule has 0 fully saturated rings. The first-order chi connectivity index (χ1) is 7.92. The second-order valence-electron chi connectivity index (χ2n) is 2.17. The lowest BCUT2D eigenvalue weighted by Crippen LogP contribution is -1.92. The minimum absolute atomic E-state index is 0.123. The van der Waals surface area contributed by atoms with Crippen LogP contribution >= 0.6 is 10.7 Å².